The summed E-state index contributed by atoms with van der Waals surface area (Å²) in [6, 6.07) is 15.7. The van der Waals surface area contributed by atoms with E-state index in [1.54, 1.807) is 36.5 Å². The standard InChI is InChI=1S/C30H27F3N6O4S/c31-30(32,33)20-4-1-3-19(13-20)29(9-10-29)27(41)37-21-7-5-18(6-8-21)25-17-35-28-38-22-14-23(40)16-24(15-22)44(42,43)36-12-2-11-34-26(25)39-28/h1,3-8,13-17,36,40H,2,9-12H2,(H,37,41)(H2,34,35,38,39). The third-order valence-electron chi connectivity index (χ3n) is 7.57. The van der Waals surface area contributed by atoms with Crippen LogP contribution in [0.3, 0.4) is 0 Å². The minimum absolute atomic E-state index is 0.0985. The number of anilines is 4. The number of phenolic OH excluding ortho intramolecular Hbond substituents is 1. The molecule has 1 saturated carbocycles. The molecule has 1 aromatic heterocycles. The Kier molecular flexibility index (Phi) is 7.41. The van der Waals surface area contributed by atoms with E-state index in [-0.39, 0.29) is 34.7 Å². The molecule has 6 rings (SSSR count). The van der Waals surface area contributed by atoms with Gasteiger partial charge in [-0.15, -0.1) is 0 Å². The lowest BCUT2D eigenvalue weighted by Crippen LogP contribution is -2.28. The summed E-state index contributed by atoms with van der Waals surface area (Å²) in [5.74, 6) is 0.0393. The maximum absolute atomic E-state index is 13.2. The van der Waals surface area contributed by atoms with E-state index in [9.17, 15) is 31.5 Å². The number of nitrogens with zero attached hydrogens (tertiary/aromatic N) is 2. The normalized spacial score (nSPS) is 17.1. The van der Waals surface area contributed by atoms with Crippen LogP contribution in [0.5, 0.6) is 5.75 Å². The molecule has 2 aliphatic rings. The van der Waals surface area contributed by atoms with Gasteiger partial charge in [-0.05, 0) is 54.7 Å². The molecule has 1 aliphatic heterocycles. The molecule has 1 fully saturated rings. The largest absolute Gasteiger partial charge is 0.508 e. The Labute approximate surface area is 250 Å². The molecule has 10 nitrogen and oxygen atoms in total. The Morgan fingerprint density at radius 2 is 1.77 bits per heavy atom. The second kappa shape index (κ2) is 11.1. The quantitative estimate of drug-likeness (QED) is 0.204. The highest BCUT2D eigenvalue weighted by Gasteiger charge is 2.51. The van der Waals surface area contributed by atoms with Gasteiger partial charge in [-0.1, -0.05) is 30.3 Å². The number of aromatic hydroxyl groups is 1. The molecule has 228 valence electrons. The highest BCUT2D eigenvalue weighted by atomic mass is 32.2. The summed E-state index contributed by atoms with van der Waals surface area (Å²) < 4.78 is 67.6. The monoisotopic (exact) mass is 624 g/mol. The number of benzene rings is 3. The summed E-state index contributed by atoms with van der Waals surface area (Å²) in [7, 11) is -3.84. The van der Waals surface area contributed by atoms with Crippen molar-refractivity contribution in [1.29, 1.82) is 0 Å². The first-order valence-electron chi connectivity index (χ1n) is 13.7. The van der Waals surface area contributed by atoms with Crippen LogP contribution in [0.1, 0.15) is 30.4 Å². The number of fused-ring (bicyclic) bond motifs is 4. The first-order valence-corrected chi connectivity index (χ1v) is 15.2. The molecular formula is C30H27F3N6O4S. The van der Waals surface area contributed by atoms with Crippen LogP contribution in [0, 0.1) is 0 Å². The fourth-order valence-corrected chi connectivity index (χ4v) is 6.20. The maximum Gasteiger partial charge on any atom is 0.416 e. The summed E-state index contributed by atoms with van der Waals surface area (Å²) >= 11 is 0. The third kappa shape index (κ3) is 6.03. The molecule has 0 atom stereocenters. The molecule has 1 aliphatic carbocycles. The zero-order valence-electron chi connectivity index (χ0n) is 23.1. The molecule has 4 aromatic rings. The fourth-order valence-electron chi connectivity index (χ4n) is 5.06. The van der Waals surface area contributed by atoms with Crippen LogP contribution in [0.4, 0.5) is 36.3 Å². The summed E-state index contributed by atoms with van der Waals surface area (Å²) in [5.41, 5.74) is 0.682. The zero-order chi connectivity index (χ0) is 31.1. The van der Waals surface area contributed by atoms with Crippen LogP contribution in [-0.4, -0.2) is 42.5 Å². The van der Waals surface area contributed by atoms with Gasteiger partial charge in [0.05, 0.1) is 15.9 Å². The van der Waals surface area contributed by atoms with Gasteiger partial charge in [0.1, 0.15) is 11.6 Å². The van der Waals surface area contributed by atoms with E-state index in [1.165, 1.54) is 18.2 Å². The van der Waals surface area contributed by atoms with E-state index >= 15 is 0 Å². The highest BCUT2D eigenvalue weighted by Crippen LogP contribution is 2.50. The van der Waals surface area contributed by atoms with Crippen LogP contribution >= 0.6 is 0 Å². The van der Waals surface area contributed by atoms with Crippen LogP contribution in [0.25, 0.3) is 11.1 Å². The second-order valence-electron chi connectivity index (χ2n) is 10.7. The van der Waals surface area contributed by atoms with E-state index in [2.05, 4.69) is 30.6 Å². The number of carbonyl (C=O) groups excluding carboxylic acids is 1. The van der Waals surface area contributed by atoms with Gasteiger partial charge >= 0.3 is 6.18 Å². The van der Waals surface area contributed by atoms with Crippen molar-refractivity contribution in [2.75, 3.05) is 29.0 Å². The second-order valence-corrected chi connectivity index (χ2v) is 12.4. The van der Waals surface area contributed by atoms with Gasteiger partial charge in [0.2, 0.25) is 21.9 Å². The van der Waals surface area contributed by atoms with E-state index in [1.807, 2.05) is 0 Å². The summed E-state index contributed by atoms with van der Waals surface area (Å²) in [4.78, 5) is 22.0. The van der Waals surface area contributed by atoms with Gasteiger partial charge in [-0.3, -0.25) is 4.79 Å². The van der Waals surface area contributed by atoms with Crippen molar-refractivity contribution in [3.8, 4) is 16.9 Å². The van der Waals surface area contributed by atoms with Crippen LogP contribution in [-0.2, 0) is 26.4 Å². The summed E-state index contributed by atoms with van der Waals surface area (Å²) in [6.45, 7) is 0.540. The smallest absolute Gasteiger partial charge is 0.416 e. The van der Waals surface area contributed by atoms with E-state index in [0.29, 0.717) is 48.4 Å². The van der Waals surface area contributed by atoms with Crippen molar-refractivity contribution in [3.05, 3.63) is 84.1 Å². The zero-order valence-corrected chi connectivity index (χ0v) is 23.9. The Morgan fingerprint density at radius 1 is 1.00 bits per heavy atom. The Bertz CT molecular complexity index is 1840. The number of nitrogens with one attached hydrogen (secondary N) is 4. The van der Waals surface area contributed by atoms with E-state index in [0.717, 1.165) is 23.8 Å². The van der Waals surface area contributed by atoms with Crippen molar-refractivity contribution in [2.24, 2.45) is 0 Å². The highest BCUT2D eigenvalue weighted by molar-refractivity contribution is 7.89. The van der Waals surface area contributed by atoms with Crippen molar-refractivity contribution < 1.29 is 31.5 Å². The number of amides is 1. The Morgan fingerprint density at radius 3 is 2.50 bits per heavy atom. The van der Waals surface area contributed by atoms with Gasteiger partial charge in [-0.2, -0.15) is 18.2 Å². The lowest BCUT2D eigenvalue weighted by molar-refractivity contribution is -0.137. The number of alkyl halides is 3. The number of aromatic nitrogens is 2. The molecule has 0 unspecified atom stereocenters. The number of phenols is 1. The van der Waals surface area contributed by atoms with E-state index in [4.69, 9.17) is 0 Å². The molecule has 44 heavy (non-hydrogen) atoms. The van der Waals surface area contributed by atoms with Crippen LogP contribution in [0.2, 0.25) is 0 Å². The van der Waals surface area contributed by atoms with E-state index < -0.39 is 27.2 Å². The molecule has 2 heterocycles. The molecule has 5 N–H and O–H groups in total. The summed E-state index contributed by atoms with van der Waals surface area (Å²) in [5, 5.41) is 19.1. The average molecular weight is 625 g/mol. The topological polar surface area (TPSA) is 145 Å². The average Bonchev–Trinajstić information content (AvgIpc) is 3.79. The fraction of sp³-hybridized carbons (Fsp3) is 0.233. The van der Waals surface area contributed by atoms with Crippen molar-refractivity contribution >= 4 is 39.1 Å². The van der Waals surface area contributed by atoms with Gasteiger partial charge in [-0.25, -0.2) is 18.1 Å². The lowest BCUT2D eigenvalue weighted by Gasteiger charge is -2.18. The predicted molar refractivity (Wildman–Crippen MR) is 158 cm³/mol. The third-order valence-corrected chi connectivity index (χ3v) is 9.01. The SMILES string of the molecule is O=C(Nc1ccc(-c2cnc3nc2NCCCNS(=O)(=O)c2cc(O)cc(c2)N3)cc1)C1(c2cccc(C(F)(F)F)c2)CC1. The van der Waals surface area contributed by atoms with Gasteiger partial charge in [0.25, 0.3) is 0 Å². The predicted octanol–water partition coefficient (Wildman–Crippen LogP) is 5.38. The van der Waals surface area contributed by atoms with Crippen molar-refractivity contribution in [3.63, 3.8) is 0 Å². The molecular weight excluding hydrogens is 597 g/mol. The first-order chi connectivity index (χ1) is 20.9. The minimum Gasteiger partial charge on any atom is -0.508 e. The Hall–Kier alpha value is -4.69. The minimum atomic E-state index is -4.50. The molecule has 0 radical (unpaired) electrons. The maximum atomic E-state index is 13.2. The first kappa shape index (κ1) is 29.4. The molecule has 1 amide bonds. The van der Waals surface area contributed by atoms with Crippen LogP contribution < -0.4 is 20.7 Å². The lowest BCUT2D eigenvalue weighted by atomic mass is 9.93. The number of carbonyl (C=O) groups is 1. The number of halogens is 3. The van der Waals surface area contributed by atoms with Gasteiger partial charge < -0.3 is 21.1 Å². The Balaban J connectivity index is 1.22. The molecule has 14 heteroatoms. The van der Waals surface area contributed by atoms with Crippen molar-refractivity contribution in [1.82, 2.24) is 14.7 Å². The number of hydrogen-bond donors (Lipinski definition) is 5. The molecule has 0 saturated heterocycles. The van der Waals surface area contributed by atoms with Crippen LogP contribution in [0.15, 0.2) is 77.8 Å². The van der Waals surface area contributed by atoms with Crippen molar-refractivity contribution in [2.45, 2.75) is 35.7 Å². The summed E-state index contributed by atoms with van der Waals surface area (Å²) in [6.07, 6.45) is -1.55. The van der Waals surface area contributed by atoms with Gasteiger partial charge in [0, 0.05) is 48.4 Å². The van der Waals surface area contributed by atoms with Gasteiger partial charge in [0.15, 0.2) is 0 Å². The number of rotatable bonds is 4. The molecule has 4 bridgehead atoms. The number of hydrogen-bond acceptors (Lipinski definition) is 8. The molecule has 3 aromatic carbocycles. The number of sulfonamides is 1. The molecule has 0 spiro atoms.